The molecule has 13 rings (SSSR count). The highest BCUT2D eigenvalue weighted by Crippen LogP contribution is 2.53. The zero-order valence-electron chi connectivity index (χ0n) is 37.8. The van der Waals surface area contributed by atoms with Crippen molar-refractivity contribution in [1.82, 2.24) is 0 Å². The van der Waals surface area contributed by atoms with Crippen molar-refractivity contribution in [3.8, 4) is 77.9 Å². The summed E-state index contributed by atoms with van der Waals surface area (Å²) in [5, 5.41) is 7.64. The third kappa shape index (κ3) is 5.71. The Labute approximate surface area is 387 Å². The van der Waals surface area contributed by atoms with E-state index in [0.29, 0.717) is 0 Å². The molecular formula is C66H48. The quantitative estimate of drug-likeness (QED) is 0.151. The Kier molecular flexibility index (Phi) is 8.40. The van der Waals surface area contributed by atoms with E-state index < -0.39 is 0 Å². The second kappa shape index (κ2) is 14.4. The van der Waals surface area contributed by atoms with E-state index >= 15 is 0 Å². The van der Waals surface area contributed by atoms with Gasteiger partial charge in [0.25, 0.3) is 0 Å². The topological polar surface area (TPSA) is 0 Å². The Morgan fingerprint density at radius 2 is 0.606 bits per heavy atom. The molecule has 0 aliphatic heterocycles. The number of hydrogen-bond donors (Lipinski definition) is 0. The lowest BCUT2D eigenvalue weighted by Crippen LogP contribution is -2.15. The molecule has 0 heterocycles. The van der Waals surface area contributed by atoms with Gasteiger partial charge in [-0.05, 0) is 151 Å². The molecule has 0 atom stereocenters. The molecule has 0 fully saturated rings. The van der Waals surface area contributed by atoms with Gasteiger partial charge in [-0.1, -0.05) is 228 Å². The molecule has 2 aliphatic carbocycles. The molecule has 0 nitrogen and oxygen atoms in total. The van der Waals surface area contributed by atoms with Gasteiger partial charge in [0, 0.05) is 10.8 Å². The van der Waals surface area contributed by atoms with Gasteiger partial charge in [-0.25, -0.2) is 0 Å². The standard InChI is InChI=1S/C66H48/c1-65(2)59-22-11-9-17-51(59)53-35-33-47(39-61(53)65)63-55-19-7-8-20-56(55)64(48-34-36-54-52-18-10-12-23-60(52)66(3,4)62(54)40-48)58-38-46(32-37-57(58)63)43-26-24-41(25-27-43)42-28-30-45(31-29-42)50-21-13-15-44-14-5-6-16-49(44)50/h5-40H,1-4H3. The second-order valence-electron chi connectivity index (χ2n) is 19.6. The van der Waals surface area contributed by atoms with Gasteiger partial charge in [0.1, 0.15) is 0 Å². The summed E-state index contributed by atoms with van der Waals surface area (Å²) in [6, 6.07) is 82.1. The first-order valence-electron chi connectivity index (χ1n) is 23.4. The van der Waals surface area contributed by atoms with Crippen LogP contribution in [0.2, 0.25) is 0 Å². The van der Waals surface area contributed by atoms with Crippen molar-refractivity contribution in [2.45, 2.75) is 38.5 Å². The fourth-order valence-corrected chi connectivity index (χ4v) is 11.9. The monoisotopic (exact) mass is 840 g/mol. The van der Waals surface area contributed by atoms with E-state index in [9.17, 15) is 0 Å². The molecule has 11 aromatic rings. The minimum Gasteiger partial charge on any atom is -0.0619 e. The highest BCUT2D eigenvalue weighted by Gasteiger charge is 2.37. The summed E-state index contributed by atoms with van der Waals surface area (Å²) < 4.78 is 0. The molecule has 66 heavy (non-hydrogen) atoms. The summed E-state index contributed by atoms with van der Waals surface area (Å²) in [5.41, 5.74) is 23.2. The lowest BCUT2D eigenvalue weighted by Gasteiger charge is -2.24. The molecule has 312 valence electrons. The molecule has 0 aromatic heterocycles. The number of fused-ring (bicyclic) bond motifs is 9. The molecule has 0 N–H and O–H groups in total. The number of rotatable bonds is 5. The first-order chi connectivity index (χ1) is 32.2. The molecule has 2 aliphatic rings. The molecule has 11 aromatic carbocycles. The minimum absolute atomic E-state index is 0.0968. The fraction of sp³-hybridized carbons (Fsp3) is 0.0909. The van der Waals surface area contributed by atoms with Crippen molar-refractivity contribution in [2.24, 2.45) is 0 Å². The lowest BCUT2D eigenvalue weighted by atomic mass is 9.79. The maximum absolute atomic E-state index is 2.50. The van der Waals surface area contributed by atoms with E-state index in [-0.39, 0.29) is 10.8 Å². The molecule has 0 saturated heterocycles. The van der Waals surface area contributed by atoms with Gasteiger partial charge in [0.2, 0.25) is 0 Å². The summed E-state index contributed by atoms with van der Waals surface area (Å²) in [6.45, 7) is 9.53. The van der Waals surface area contributed by atoms with Crippen LogP contribution < -0.4 is 0 Å². The number of hydrogen-bond acceptors (Lipinski definition) is 0. The smallest absolute Gasteiger partial charge is 0.0159 e. The third-order valence-electron chi connectivity index (χ3n) is 15.3. The highest BCUT2D eigenvalue weighted by atomic mass is 14.4. The van der Waals surface area contributed by atoms with Crippen molar-refractivity contribution in [2.75, 3.05) is 0 Å². The van der Waals surface area contributed by atoms with Crippen molar-refractivity contribution in [3.05, 3.63) is 241 Å². The van der Waals surface area contributed by atoms with Crippen LogP contribution in [-0.2, 0) is 10.8 Å². The van der Waals surface area contributed by atoms with Gasteiger partial charge in [-0.15, -0.1) is 0 Å². The predicted molar refractivity (Wildman–Crippen MR) is 281 cm³/mol. The average Bonchev–Trinajstić information content (AvgIpc) is 3.74. The van der Waals surface area contributed by atoms with E-state index in [4.69, 9.17) is 0 Å². The van der Waals surface area contributed by atoms with Crippen molar-refractivity contribution in [3.63, 3.8) is 0 Å². The predicted octanol–water partition coefficient (Wildman–Crippen LogP) is 18.1. The Morgan fingerprint density at radius 1 is 0.227 bits per heavy atom. The van der Waals surface area contributed by atoms with Crippen LogP contribution in [0.4, 0.5) is 0 Å². The largest absolute Gasteiger partial charge is 0.0619 e. The van der Waals surface area contributed by atoms with Crippen molar-refractivity contribution < 1.29 is 0 Å². The van der Waals surface area contributed by atoms with Crippen molar-refractivity contribution >= 4 is 32.3 Å². The second-order valence-corrected chi connectivity index (χ2v) is 19.6. The molecule has 0 saturated carbocycles. The Hall–Kier alpha value is -7.80. The van der Waals surface area contributed by atoms with Gasteiger partial charge in [-0.2, -0.15) is 0 Å². The minimum atomic E-state index is -0.106. The van der Waals surface area contributed by atoms with Crippen LogP contribution in [0.15, 0.2) is 218 Å². The summed E-state index contributed by atoms with van der Waals surface area (Å²) in [7, 11) is 0. The summed E-state index contributed by atoms with van der Waals surface area (Å²) in [6.07, 6.45) is 0. The number of benzene rings is 11. The van der Waals surface area contributed by atoms with Gasteiger partial charge < -0.3 is 0 Å². The normalized spacial score (nSPS) is 14.0. The van der Waals surface area contributed by atoms with E-state index in [2.05, 4.69) is 246 Å². The summed E-state index contributed by atoms with van der Waals surface area (Å²) in [4.78, 5) is 0. The fourth-order valence-electron chi connectivity index (χ4n) is 11.9. The molecule has 0 bridgehead atoms. The Balaban J connectivity index is 0.970. The van der Waals surface area contributed by atoms with Crippen LogP contribution in [0.3, 0.4) is 0 Å². The van der Waals surface area contributed by atoms with Crippen LogP contribution in [0.1, 0.15) is 49.9 Å². The lowest BCUT2D eigenvalue weighted by molar-refractivity contribution is 0.660. The molecule has 0 heteroatoms. The molecule has 0 spiro atoms. The van der Waals surface area contributed by atoms with Crippen LogP contribution in [0.25, 0.3) is 110 Å². The molecule has 0 unspecified atom stereocenters. The Bertz CT molecular complexity index is 3780. The van der Waals surface area contributed by atoms with Crippen LogP contribution in [0.5, 0.6) is 0 Å². The molecule has 0 radical (unpaired) electrons. The van der Waals surface area contributed by atoms with Crippen molar-refractivity contribution in [1.29, 1.82) is 0 Å². The van der Waals surface area contributed by atoms with Crippen LogP contribution in [0, 0.1) is 0 Å². The molecular weight excluding hydrogens is 793 g/mol. The van der Waals surface area contributed by atoms with Gasteiger partial charge >= 0.3 is 0 Å². The Morgan fingerprint density at radius 3 is 1.18 bits per heavy atom. The third-order valence-corrected chi connectivity index (χ3v) is 15.3. The van der Waals surface area contributed by atoms with Crippen LogP contribution >= 0.6 is 0 Å². The van der Waals surface area contributed by atoms with E-state index in [0.717, 1.165) is 0 Å². The average molecular weight is 841 g/mol. The summed E-state index contributed by atoms with van der Waals surface area (Å²) in [5.74, 6) is 0. The zero-order chi connectivity index (χ0) is 44.3. The molecule has 0 amide bonds. The summed E-state index contributed by atoms with van der Waals surface area (Å²) >= 11 is 0. The highest BCUT2D eigenvalue weighted by molar-refractivity contribution is 6.22. The van der Waals surface area contributed by atoms with E-state index in [1.807, 2.05) is 0 Å². The first kappa shape index (κ1) is 38.6. The van der Waals surface area contributed by atoms with Gasteiger partial charge in [-0.3, -0.25) is 0 Å². The first-order valence-corrected chi connectivity index (χ1v) is 23.4. The van der Waals surface area contributed by atoms with Crippen LogP contribution in [-0.4, -0.2) is 0 Å². The van der Waals surface area contributed by atoms with E-state index in [1.165, 1.54) is 132 Å². The maximum atomic E-state index is 2.50. The van der Waals surface area contributed by atoms with E-state index in [1.54, 1.807) is 0 Å². The van der Waals surface area contributed by atoms with Gasteiger partial charge in [0.05, 0.1) is 0 Å². The SMILES string of the molecule is CC1(C)c2ccccc2-c2ccc(-c3c4ccccc4c(-c4ccc5c(c4)C(C)(C)c4ccccc4-5)c4cc(-c5ccc(-c6ccc(-c7cccc8ccccc78)cc6)cc5)ccc34)cc21. The maximum Gasteiger partial charge on any atom is 0.0159 e. The van der Waals surface area contributed by atoms with Gasteiger partial charge in [0.15, 0.2) is 0 Å². The zero-order valence-corrected chi connectivity index (χ0v) is 37.8.